The number of hydrogen-bond acceptors (Lipinski definition) is 4. The van der Waals surface area contributed by atoms with E-state index in [9.17, 15) is 0 Å². The average molecular weight is 690 g/mol. The Morgan fingerprint density at radius 3 is 1.69 bits per heavy atom. The van der Waals surface area contributed by atoms with Gasteiger partial charge in [-0.05, 0) is 103 Å². The maximum atomic E-state index is 5.36. The van der Waals surface area contributed by atoms with Crippen molar-refractivity contribution in [2.75, 3.05) is 4.90 Å². The number of para-hydroxylation sites is 3. The Hall–Kier alpha value is -7.37. The van der Waals surface area contributed by atoms with E-state index in [0.717, 1.165) is 39.7 Å². The number of anilines is 3. The number of imidazole rings is 1. The molecule has 0 saturated heterocycles. The minimum absolute atomic E-state index is 0.715. The van der Waals surface area contributed by atoms with Gasteiger partial charge in [0, 0.05) is 22.6 Å². The highest BCUT2D eigenvalue weighted by molar-refractivity contribution is 6.20. The lowest BCUT2D eigenvalue weighted by atomic mass is 9.94. The van der Waals surface area contributed by atoms with Crippen LogP contribution in [0, 0.1) is 0 Å². The molecule has 5 heteroatoms. The Morgan fingerprint density at radius 1 is 0.444 bits per heavy atom. The first kappa shape index (κ1) is 30.3. The molecule has 0 fully saturated rings. The molecule has 0 unspecified atom stereocenters. The highest BCUT2D eigenvalue weighted by Crippen LogP contribution is 2.50. The van der Waals surface area contributed by atoms with Crippen LogP contribution in [0.15, 0.2) is 188 Å². The van der Waals surface area contributed by atoms with Crippen molar-refractivity contribution in [2.45, 2.75) is 0 Å². The van der Waals surface area contributed by atoms with Crippen LogP contribution in [-0.4, -0.2) is 19.5 Å². The summed E-state index contributed by atoms with van der Waals surface area (Å²) < 4.78 is 2.14. The molecule has 10 aromatic rings. The number of fused-ring (bicyclic) bond motifs is 5. The normalized spacial score (nSPS) is 11.7. The van der Waals surface area contributed by atoms with E-state index in [4.69, 9.17) is 15.0 Å². The smallest absolute Gasteiger partial charge is 0.170 e. The standard InChI is InChI=1S/C49H31N5/c1-4-15-36(16-5-1)53(37-17-6-2-7-18-37)48-46-49(51-31-50-48)54(38-19-8-3-9-20-38)47(52-46)33-25-23-32(24-26-33)39-27-28-42-44-30-35-14-11-10-13-34(35)29-43(44)41-22-12-21-40(39)45(41)42/h1-31H. The van der Waals surface area contributed by atoms with E-state index in [2.05, 4.69) is 137 Å². The Kier molecular flexibility index (Phi) is 6.79. The Morgan fingerprint density at radius 2 is 1.02 bits per heavy atom. The fraction of sp³-hybridized carbons (Fsp3) is 0. The lowest BCUT2D eigenvalue weighted by Gasteiger charge is -2.24. The second kappa shape index (κ2) is 12.1. The average Bonchev–Trinajstić information content (AvgIpc) is 3.79. The quantitative estimate of drug-likeness (QED) is 0.174. The van der Waals surface area contributed by atoms with Gasteiger partial charge in [-0.2, -0.15) is 0 Å². The molecular formula is C49H31N5. The van der Waals surface area contributed by atoms with E-state index >= 15 is 0 Å². The minimum atomic E-state index is 0.715. The van der Waals surface area contributed by atoms with Crippen LogP contribution >= 0.6 is 0 Å². The Balaban J connectivity index is 1.06. The summed E-state index contributed by atoms with van der Waals surface area (Å²) in [6, 6.07) is 64.4. The van der Waals surface area contributed by atoms with Gasteiger partial charge in [-0.25, -0.2) is 15.0 Å². The largest absolute Gasteiger partial charge is 0.293 e. The van der Waals surface area contributed by atoms with E-state index in [1.807, 2.05) is 54.6 Å². The van der Waals surface area contributed by atoms with Crippen LogP contribution < -0.4 is 4.90 Å². The van der Waals surface area contributed by atoms with Crippen LogP contribution in [0.25, 0.3) is 83.2 Å². The molecule has 0 saturated carbocycles. The number of benzene rings is 8. The number of aromatic nitrogens is 4. The first-order chi connectivity index (χ1) is 26.8. The van der Waals surface area contributed by atoms with E-state index < -0.39 is 0 Å². The van der Waals surface area contributed by atoms with Crippen molar-refractivity contribution in [1.29, 1.82) is 0 Å². The van der Waals surface area contributed by atoms with Gasteiger partial charge in [0.15, 0.2) is 17.0 Å². The second-order valence-electron chi connectivity index (χ2n) is 13.7. The zero-order valence-electron chi connectivity index (χ0n) is 29.1. The highest BCUT2D eigenvalue weighted by atomic mass is 15.2. The van der Waals surface area contributed by atoms with Crippen LogP contribution in [0.5, 0.6) is 0 Å². The van der Waals surface area contributed by atoms with Crippen molar-refractivity contribution in [3.8, 4) is 50.5 Å². The third-order valence-electron chi connectivity index (χ3n) is 10.6. The number of rotatable bonds is 6. The zero-order chi connectivity index (χ0) is 35.6. The van der Waals surface area contributed by atoms with Crippen LogP contribution in [-0.2, 0) is 0 Å². The SMILES string of the molecule is c1ccc(N(c2ccccc2)c2ncnc3c2nc(-c2ccc(-c4ccc5c6c(cccc46)-c4cc6ccccc6cc4-5)cc2)n3-c2ccccc2)cc1. The van der Waals surface area contributed by atoms with Crippen molar-refractivity contribution in [3.63, 3.8) is 0 Å². The van der Waals surface area contributed by atoms with Crippen LogP contribution in [0.3, 0.4) is 0 Å². The first-order valence-corrected chi connectivity index (χ1v) is 18.2. The molecule has 8 aromatic carbocycles. The number of hydrogen-bond donors (Lipinski definition) is 0. The van der Waals surface area contributed by atoms with E-state index in [1.165, 1.54) is 49.4 Å². The van der Waals surface area contributed by atoms with Gasteiger partial charge in [0.05, 0.1) is 0 Å². The lowest BCUT2D eigenvalue weighted by molar-refractivity contribution is 1.06. The topological polar surface area (TPSA) is 46.8 Å². The predicted molar refractivity (Wildman–Crippen MR) is 222 cm³/mol. The molecule has 0 aliphatic heterocycles. The Bertz CT molecular complexity index is 2940. The fourth-order valence-corrected chi connectivity index (χ4v) is 8.20. The maximum absolute atomic E-state index is 5.36. The van der Waals surface area contributed by atoms with Gasteiger partial charge >= 0.3 is 0 Å². The molecule has 0 amide bonds. The Labute approximate surface area is 312 Å². The predicted octanol–water partition coefficient (Wildman–Crippen LogP) is 12.6. The first-order valence-electron chi connectivity index (χ1n) is 18.2. The van der Waals surface area contributed by atoms with Crippen molar-refractivity contribution < 1.29 is 0 Å². The van der Waals surface area contributed by atoms with Gasteiger partial charge in [0.25, 0.3) is 0 Å². The lowest BCUT2D eigenvalue weighted by Crippen LogP contribution is -2.12. The monoisotopic (exact) mass is 689 g/mol. The van der Waals surface area contributed by atoms with Crippen molar-refractivity contribution >= 4 is 49.9 Å². The summed E-state index contributed by atoms with van der Waals surface area (Å²) in [5.74, 6) is 1.51. The molecule has 2 heterocycles. The van der Waals surface area contributed by atoms with Crippen molar-refractivity contribution in [1.82, 2.24) is 19.5 Å². The molecule has 2 aromatic heterocycles. The molecule has 0 atom stereocenters. The van der Waals surface area contributed by atoms with Crippen LogP contribution in [0.2, 0.25) is 0 Å². The van der Waals surface area contributed by atoms with E-state index in [-0.39, 0.29) is 0 Å². The van der Waals surface area contributed by atoms with Gasteiger partial charge in [-0.3, -0.25) is 9.47 Å². The molecule has 54 heavy (non-hydrogen) atoms. The molecule has 252 valence electrons. The molecular weight excluding hydrogens is 659 g/mol. The van der Waals surface area contributed by atoms with Crippen LogP contribution in [0.4, 0.5) is 17.2 Å². The number of nitrogens with zero attached hydrogens (tertiary/aromatic N) is 5. The summed E-state index contributed by atoms with van der Waals surface area (Å²) in [6.07, 6.45) is 1.64. The molecule has 0 spiro atoms. The third-order valence-corrected chi connectivity index (χ3v) is 10.6. The summed E-state index contributed by atoms with van der Waals surface area (Å²) in [5.41, 5.74) is 13.0. The maximum Gasteiger partial charge on any atom is 0.170 e. The zero-order valence-corrected chi connectivity index (χ0v) is 29.1. The van der Waals surface area contributed by atoms with Crippen LogP contribution in [0.1, 0.15) is 0 Å². The van der Waals surface area contributed by atoms with E-state index in [1.54, 1.807) is 6.33 Å². The van der Waals surface area contributed by atoms with Gasteiger partial charge in [-0.1, -0.05) is 133 Å². The summed E-state index contributed by atoms with van der Waals surface area (Å²) in [4.78, 5) is 17.2. The van der Waals surface area contributed by atoms with Crippen molar-refractivity contribution in [2.24, 2.45) is 0 Å². The van der Waals surface area contributed by atoms with E-state index in [0.29, 0.717) is 11.3 Å². The van der Waals surface area contributed by atoms with Gasteiger partial charge in [0.1, 0.15) is 12.2 Å². The summed E-state index contributed by atoms with van der Waals surface area (Å²) in [6.45, 7) is 0. The summed E-state index contributed by atoms with van der Waals surface area (Å²) in [7, 11) is 0. The fourth-order valence-electron chi connectivity index (χ4n) is 8.20. The summed E-state index contributed by atoms with van der Waals surface area (Å²) in [5, 5.41) is 5.12. The molecule has 5 nitrogen and oxygen atoms in total. The van der Waals surface area contributed by atoms with Gasteiger partial charge in [0.2, 0.25) is 0 Å². The second-order valence-corrected chi connectivity index (χ2v) is 13.7. The summed E-state index contributed by atoms with van der Waals surface area (Å²) >= 11 is 0. The molecule has 1 aliphatic rings. The minimum Gasteiger partial charge on any atom is -0.293 e. The van der Waals surface area contributed by atoms with Gasteiger partial charge in [-0.15, -0.1) is 0 Å². The molecule has 11 rings (SSSR count). The van der Waals surface area contributed by atoms with Crippen molar-refractivity contribution in [3.05, 3.63) is 188 Å². The molecule has 1 aliphatic carbocycles. The molecule has 0 bridgehead atoms. The van der Waals surface area contributed by atoms with Gasteiger partial charge < -0.3 is 0 Å². The molecule has 0 radical (unpaired) electrons. The third kappa shape index (κ3) is 4.69. The molecule has 0 N–H and O–H groups in total. The highest BCUT2D eigenvalue weighted by Gasteiger charge is 2.25.